The maximum absolute atomic E-state index is 7.93. The van der Waals surface area contributed by atoms with Crippen LogP contribution in [-0.4, -0.2) is 19.6 Å². The lowest BCUT2D eigenvalue weighted by Gasteiger charge is -2.32. The summed E-state index contributed by atoms with van der Waals surface area (Å²) in [5, 5.41) is 11.0. The first kappa shape index (κ1) is 10.6. The zero-order valence-electron chi connectivity index (χ0n) is 9.58. The van der Waals surface area contributed by atoms with Crippen molar-refractivity contribution < 1.29 is 14.5 Å². The van der Waals surface area contributed by atoms with Gasteiger partial charge in [0, 0.05) is 17.5 Å². The van der Waals surface area contributed by atoms with Gasteiger partial charge in [-0.25, -0.2) is 9.78 Å². The van der Waals surface area contributed by atoms with Crippen molar-refractivity contribution in [1.82, 2.24) is 5.32 Å². The number of ether oxygens (including phenoxy) is 1. The molecule has 0 saturated carbocycles. The van der Waals surface area contributed by atoms with Gasteiger partial charge in [0.25, 0.3) is 0 Å². The maximum atomic E-state index is 7.93. The van der Waals surface area contributed by atoms with E-state index >= 15 is 0 Å². The van der Waals surface area contributed by atoms with Gasteiger partial charge in [0.15, 0.2) is 0 Å². The minimum atomic E-state index is -0.709. The molecule has 1 aromatic rings. The van der Waals surface area contributed by atoms with Crippen LogP contribution in [0.15, 0.2) is 18.2 Å². The Morgan fingerprint density at radius 3 is 3.06 bits per heavy atom. The lowest BCUT2D eigenvalue weighted by Crippen LogP contribution is -2.44. The summed E-state index contributed by atoms with van der Waals surface area (Å²) in [5.74, 6) is 1.13. The van der Waals surface area contributed by atoms with Crippen LogP contribution in [-0.2, 0) is 15.5 Å². The summed E-state index contributed by atoms with van der Waals surface area (Å²) in [5.41, 5.74) is 1.05. The van der Waals surface area contributed by atoms with Crippen LogP contribution in [0, 0.1) is 5.41 Å². The van der Waals surface area contributed by atoms with Crippen molar-refractivity contribution in [1.29, 1.82) is 5.41 Å². The first-order chi connectivity index (χ1) is 8.25. The summed E-state index contributed by atoms with van der Waals surface area (Å²) in [6, 6.07) is 5.62. The summed E-state index contributed by atoms with van der Waals surface area (Å²) in [6.07, 6.45) is 1.69. The van der Waals surface area contributed by atoms with E-state index in [1.807, 2.05) is 18.2 Å². The van der Waals surface area contributed by atoms with Crippen molar-refractivity contribution in [2.45, 2.75) is 18.6 Å². The molecule has 2 N–H and O–H groups in total. The number of rotatable bonds is 1. The van der Waals surface area contributed by atoms with Gasteiger partial charge in [-0.1, -0.05) is 0 Å². The van der Waals surface area contributed by atoms with Gasteiger partial charge < -0.3 is 10.1 Å². The van der Waals surface area contributed by atoms with E-state index < -0.39 is 5.72 Å². The van der Waals surface area contributed by atoms with Crippen molar-refractivity contribution in [3.63, 3.8) is 0 Å². The van der Waals surface area contributed by atoms with Crippen LogP contribution in [0.4, 0.5) is 0 Å². The molecule has 1 aromatic carbocycles. The van der Waals surface area contributed by atoms with E-state index in [1.165, 1.54) is 0 Å². The summed E-state index contributed by atoms with van der Waals surface area (Å²) in [4.78, 5) is 10.5. The number of benzene rings is 1. The van der Waals surface area contributed by atoms with Crippen molar-refractivity contribution in [3.8, 4) is 5.75 Å². The molecule has 1 fully saturated rings. The minimum Gasteiger partial charge on any atom is -0.497 e. The van der Waals surface area contributed by atoms with E-state index in [0.29, 0.717) is 12.4 Å². The predicted molar refractivity (Wildman–Crippen MR) is 60.9 cm³/mol. The van der Waals surface area contributed by atoms with Crippen molar-refractivity contribution >= 4 is 5.84 Å². The van der Waals surface area contributed by atoms with Gasteiger partial charge in [-0.3, -0.25) is 5.41 Å². The second-order valence-corrected chi connectivity index (χ2v) is 4.25. The highest BCUT2D eigenvalue weighted by atomic mass is 17.2. The van der Waals surface area contributed by atoms with Crippen LogP contribution in [0.25, 0.3) is 0 Å². The maximum Gasteiger partial charge on any atom is 0.200 e. The highest BCUT2D eigenvalue weighted by Gasteiger charge is 2.45. The molecule has 17 heavy (non-hydrogen) atoms. The van der Waals surface area contributed by atoms with Gasteiger partial charge in [-0.05, 0) is 24.6 Å². The van der Waals surface area contributed by atoms with Gasteiger partial charge in [0.1, 0.15) is 11.6 Å². The number of fused-ring (bicyclic) bond motifs is 2. The number of methoxy groups -OCH3 is 1. The Morgan fingerprint density at radius 1 is 1.47 bits per heavy atom. The Labute approximate surface area is 99.1 Å². The largest absolute Gasteiger partial charge is 0.497 e. The van der Waals surface area contributed by atoms with E-state index in [0.717, 1.165) is 29.7 Å². The average Bonchev–Trinajstić information content (AvgIpc) is 2.63. The minimum absolute atomic E-state index is 0.369. The summed E-state index contributed by atoms with van der Waals surface area (Å²) < 4.78 is 5.21. The smallest absolute Gasteiger partial charge is 0.200 e. The van der Waals surface area contributed by atoms with Crippen LogP contribution in [0.1, 0.15) is 24.0 Å². The first-order valence-electron chi connectivity index (χ1n) is 5.61. The highest BCUT2D eigenvalue weighted by Crippen LogP contribution is 2.39. The molecule has 1 atom stereocenters. The molecule has 2 aliphatic heterocycles. The molecule has 0 aromatic heterocycles. The van der Waals surface area contributed by atoms with Gasteiger partial charge >= 0.3 is 0 Å². The Morgan fingerprint density at radius 2 is 2.35 bits per heavy atom. The third kappa shape index (κ3) is 1.50. The predicted octanol–water partition coefficient (Wildman–Crippen LogP) is 1.52. The van der Waals surface area contributed by atoms with Crippen LogP contribution in [0.2, 0.25) is 0 Å². The van der Waals surface area contributed by atoms with Gasteiger partial charge in [-0.15, -0.1) is 0 Å². The van der Waals surface area contributed by atoms with Crippen molar-refractivity contribution in [3.05, 3.63) is 29.3 Å². The fourth-order valence-corrected chi connectivity index (χ4v) is 2.37. The van der Waals surface area contributed by atoms with Crippen molar-refractivity contribution in [2.24, 2.45) is 0 Å². The Bertz CT molecular complexity index is 467. The van der Waals surface area contributed by atoms with E-state index in [2.05, 4.69) is 5.32 Å². The van der Waals surface area contributed by atoms with Crippen molar-refractivity contribution in [2.75, 3.05) is 13.7 Å². The molecule has 0 radical (unpaired) electrons. The lowest BCUT2D eigenvalue weighted by molar-refractivity contribution is -0.393. The van der Waals surface area contributed by atoms with E-state index in [1.54, 1.807) is 7.11 Å². The second-order valence-electron chi connectivity index (χ2n) is 4.25. The van der Waals surface area contributed by atoms with Gasteiger partial charge in [0.2, 0.25) is 5.72 Å². The lowest BCUT2D eigenvalue weighted by atomic mass is 9.96. The molecule has 3 rings (SSSR count). The van der Waals surface area contributed by atoms with E-state index in [-0.39, 0.29) is 0 Å². The Balaban J connectivity index is 2.09. The Kier molecular flexibility index (Phi) is 2.31. The highest BCUT2D eigenvalue weighted by molar-refractivity contribution is 6.01. The summed E-state index contributed by atoms with van der Waals surface area (Å²) in [7, 11) is 1.63. The molecule has 1 spiro atoms. The average molecular weight is 234 g/mol. The molecule has 5 nitrogen and oxygen atoms in total. The molecule has 0 bridgehead atoms. The number of hydrogen-bond donors (Lipinski definition) is 2. The molecule has 90 valence electrons. The topological polar surface area (TPSA) is 63.6 Å². The van der Waals surface area contributed by atoms with E-state index in [9.17, 15) is 0 Å². The van der Waals surface area contributed by atoms with Gasteiger partial charge in [-0.2, -0.15) is 0 Å². The van der Waals surface area contributed by atoms with Crippen LogP contribution >= 0.6 is 0 Å². The normalized spacial score (nSPS) is 26.8. The molecular formula is C12H14N2O3. The third-order valence-corrected chi connectivity index (χ3v) is 3.22. The standard InChI is InChI=1S/C12H14N2O3/c1-15-8-3-4-9-10(7-8)12(14-11(9)13)5-2-6-16-17-12/h3-4,7H,2,5-6H2,1H3,(H2,13,14). The number of amidine groups is 1. The van der Waals surface area contributed by atoms with Crippen LogP contribution < -0.4 is 10.1 Å². The second kappa shape index (κ2) is 3.72. The monoisotopic (exact) mass is 234 g/mol. The fraction of sp³-hybridized carbons (Fsp3) is 0.417. The van der Waals surface area contributed by atoms with Crippen LogP contribution in [0.3, 0.4) is 0 Å². The number of hydrogen-bond acceptors (Lipinski definition) is 4. The van der Waals surface area contributed by atoms with E-state index in [4.69, 9.17) is 19.9 Å². The summed E-state index contributed by atoms with van der Waals surface area (Å²) in [6.45, 7) is 0.593. The molecule has 0 aliphatic carbocycles. The molecule has 0 amide bonds. The fourth-order valence-electron chi connectivity index (χ4n) is 2.37. The summed E-state index contributed by atoms with van der Waals surface area (Å²) >= 11 is 0. The quantitative estimate of drug-likeness (QED) is 0.723. The SMILES string of the molecule is COc1ccc2c(c1)C1(CCCOO1)NC2=N. The number of nitrogens with one attached hydrogen (secondary N) is 2. The zero-order valence-corrected chi connectivity index (χ0v) is 9.58. The van der Waals surface area contributed by atoms with Crippen LogP contribution in [0.5, 0.6) is 5.75 Å². The first-order valence-corrected chi connectivity index (χ1v) is 5.61. The molecule has 5 heteroatoms. The zero-order chi connectivity index (χ0) is 11.9. The van der Waals surface area contributed by atoms with Gasteiger partial charge in [0.05, 0.1) is 13.7 Å². The molecule has 2 aliphatic rings. The third-order valence-electron chi connectivity index (χ3n) is 3.22. The Hall–Kier alpha value is -1.59. The molecular weight excluding hydrogens is 220 g/mol. The molecule has 1 unspecified atom stereocenters. The molecule has 2 heterocycles. The molecule has 1 saturated heterocycles.